The Balaban J connectivity index is 2.26. The number of piperidine rings is 1. The lowest BCUT2D eigenvalue weighted by Crippen LogP contribution is -2.48. The average molecular weight is 212 g/mol. The molecule has 0 spiro atoms. The minimum Gasteiger partial charge on any atom is -0.355 e. The van der Waals surface area contributed by atoms with Crippen molar-refractivity contribution in [3.63, 3.8) is 0 Å². The molecule has 88 valence electrons. The van der Waals surface area contributed by atoms with E-state index in [9.17, 15) is 4.79 Å². The largest absolute Gasteiger partial charge is 0.355 e. The van der Waals surface area contributed by atoms with E-state index in [1.54, 1.807) is 0 Å². The van der Waals surface area contributed by atoms with Gasteiger partial charge >= 0.3 is 0 Å². The maximum absolute atomic E-state index is 11.3. The molecule has 0 aromatic heterocycles. The monoisotopic (exact) mass is 212 g/mol. The number of carbonyl (C=O) groups is 1. The van der Waals surface area contributed by atoms with Gasteiger partial charge in [-0.15, -0.1) is 0 Å². The minimum absolute atomic E-state index is 0.194. The SMILES string of the molecule is CCCC(=O)NCC1NCCCC1CC. The van der Waals surface area contributed by atoms with Gasteiger partial charge in [-0.3, -0.25) is 4.79 Å². The van der Waals surface area contributed by atoms with Crippen molar-refractivity contribution in [2.45, 2.75) is 52.0 Å². The summed E-state index contributed by atoms with van der Waals surface area (Å²) in [6, 6.07) is 0.490. The fourth-order valence-electron chi connectivity index (χ4n) is 2.29. The number of carbonyl (C=O) groups excluding carboxylic acids is 1. The lowest BCUT2D eigenvalue weighted by Gasteiger charge is -2.32. The zero-order chi connectivity index (χ0) is 11.1. The Labute approximate surface area is 93.0 Å². The van der Waals surface area contributed by atoms with Crippen LogP contribution in [0.1, 0.15) is 46.0 Å². The molecule has 1 amide bonds. The predicted octanol–water partition coefficient (Wildman–Crippen LogP) is 1.68. The van der Waals surface area contributed by atoms with Gasteiger partial charge in [-0.05, 0) is 31.7 Å². The fraction of sp³-hybridized carbons (Fsp3) is 0.917. The van der Waals surface area contributed by atoms with Crippen molar-refractivity contribution in [2.75, 3.05) is 13.1 Å². The minimum atomic E-state index is 0.194. The van der Waals surface area contributed by atoms with Crippen molar-refractivity contribution < 1.29 is 4.79 Å². The van der Waals surface area contributed by atoms with Crippen molar-refractivity contribution in [2.24, 2.45) is 5.92 Å². The molecule has 0 bridgehead atoms. The topological polar surface area (TPSA) is 41.1 Å². The fourth-order valence-corrected chi connectivity index (χ4v) is 2.29. The summed E-state index contributed by atoms with van der Waals surface area (Å²) < 4.78 is 0. The van der Waals surface area contributed by atoms with E-state index in [-0.39, 0.29) is 5.91 Å². The summed E-state index contributed by atoms with van der Waals surface area (Å²) in [5.74, 6) is 0.931. The molecule has 1 heterocycles. The number of amides is 1. The third kappa shape index (κ3) is 4.20. The van der Waals surface area contributed by atoms with E-state index in [0.29, 0.717) is 12.5 Å². The van der Waals surface area contributed by atoms with Gasteiger partial charge < -0.3 is 10.6 Å². The smallest absolute Gasteiger partial charge is 0.220 e. The van der Waals surface area contributed by atoms with Crippen LogP contribution in [0.2, 0.25) is 0 Å². The van der Waals surface area contributed by atoms with E-state index >= 15 is 0 Å². The molecule has 1 aliphatic rings. The third-order valence-corrected chi connectivity index (χ3v) is 3.25. The maximum Gasteiger partial charge on any atom is 0.220 e. The van der Waals surface area contributed by atoms with Gasteiger partial charge in [-0.25, -0.2) is 0 Å². The molecule has 2 N–H and O–H groups in total. The summed E-state index contributed by atoms with van der Waals surface area (Å²) in [4.78, 5) is 11.3. The zero-order valence-electron chi connectivity index (χ0n) is 10.0. The number of rotatable bonds is 5. The first-order chi connectivity index (χ1) is 7.27. The lowest BCUT2D eigenvalue weighted by atomic mass is 9.88. The van der Waals surface area contributed by atoms with Crippen LogP contribution in [0.3, 0.4) is 0 Å². The number of hydrogen-bond acceptors (Lipinski definition) is 2. The third-order valence-electron chi connectivity index (χ3n) is 3.25. The summed E-state index contributed by atoms with van der Waals surface area (Å²) in [5, 5.41) is 6.52. The van der Waals surface area contributed by atoms with E-state index in [1.165, 1.54) is 19.3 Å². The standard InChI is InChI=1S/C12H24N2O/c1-3-6-12(15)14-9-11-10(4-2)7-5-8-13-11/h10-11,13H,3-9H2,1-2H3,(H,14,15). The van der Waals surface area contributed by atoms with Crippen molar-refractivity contribution in [1.29, 1.82) is 0 Å². The van der Waals surface area contributed by atoms with Gasteiger partial charge in [-0.1, -0.05) is 20.3 Å². The maximum atomic E-state index is 11.3. The van der Waals surface area contributed by atoms with Crippen LogP contribution in [-0.2, 0) is 4.79 Å². The number of nitrogens with one attached hydrogen (secondary N) is 2. The normalized spacial score (nSPS) is 26.3. The molecular weight excluding hydrogens is 188 g/mol. The van der Waals surface area contributed by atoms with Gasteiger partial charge in [0, 0.05) is 19.0 Å². The summed E-state index contributed by atoms with van der Waals surface area (Å²) in [6.07, 6.45) is 5.38. The Morgan fingerprint density at radius 1 is 1.47 bits per heavy atom. The van der Waals surface area contributed by atoms with Crippen molar-refractivity contribution >= 4 is 5.91 Å². The van der Waals surface area contributed by atoms with E-state index in [0.717, 1.165) is 25.4 Å². The summed E-state index contributed by atoms with van der Waals surface area (Å²) >= 11 is 0. The van der Waals surface area contributed by atoms with Crippen LogP contribution < -0.4 is 10.6 Å². The molecule has 2 unspecified atom stereocenters. The van der Waals surface area contributed by atoms with Gasteiger partial charge in [-0.2, -0.15) is 0 Å². The van der Waals surface area contributed by atoms with Crippen LogP contribution in [-0.4, -0.2) is 25.0 Å². The van der Waals surface area contributed by atoms with Crippen LogP contribution in [0, 0.1) is 5.92 Å². The number of hydrogen-bond donors (Lipinski definition) is 2. The Hall–Kier alpha value is -0.570. The molecule has 1 rings (SSSR count). The molecule has 1 fully saturated rings. The van der Waals surface area contributed by atoms with Gasteiger partial charge in [0.2, 0.25) is 5.91 Å². The van der Waals surface area contributed by atoms with Crippen LogP contribution >= 0.6 is 0 Å². The molecule has 2 atom stereocenters. The molecule has 15 heavy (non-hydrogen) atoms. The molecule has 0 aromatic carbocycles. The average Bonchev–Trinajstić information content (AvgIpc) is 2.27. The Morgan fingerprint density at radius 2 is 2.27 bits per heavy atom. The summed E-state index contributed by atoms with van der Waals surface area (Å²) in [5.41, 5.74) is 0. The lowest BCUT2D eigenvalue weighted by molar-refractivity contribution is -0.121. The molecule has 1 aliphatic heterocycles. The van der Waals surface area contributed by atoms with Crippen LogP contribution in [0.4, 0.5) is 0 Å². The molecule has 3 heteroatoms. The Morgan fingerprint density at radius 3 is 2.93 bits per heavy atom. The van der Waals surface area contributed by atoms with E-state index < -0.39 is 0 Å². The van der Waals surface area contributed by atoms with Crippen molar-refractivity contribution in [3.8, 4) is 0 Å². The van der Waals surface area contributed by atoms with E-state index in [2.05, 4.69) is 17.6 Å². The molecular formula is C12H24N2O. The van der Waals surface area contributed by atoms with Crippen molar-refractivity contribution in [1.82, 2.24) is 10.6 Å². The molecule has 0 aromatic rings. The Kier molecular flexibility index (Phi) is 5.69. The van der Waals surface area contributed by atoms with E-state index in [1.807, 2.05) is 6.92 Å². The Bertz CT molecular complexity index is 194. The molecule has 0 aliphatic carbocycles. The second-order valence-corrected chi connectivity index (χ2v) is 4.43. The predicted molar refractivity (Wildman–Crippen MR) is 62.7 cm³/mol. The zero-order valence-corrected chi connectivity index (χ0v) is 10.0. The first-order valence-electron chi connectivity index (χ1n) is 6.28. The quantitative estimate of drug-likeness (QED) is 0.728. The molecule has 1 saturated heterocycles. The van der Waals surface area contributed by atoms with Gasteiger partial charge in [0.25, 0.3) is 0 Å². The molecule has 3 nitrogen and oxygen atoms in total. The highest BCUT2D eigenvalue weighted by Gasteiger charge is 2.22. The first-order valence-corrected chi connectivity index (χ1v) is 6.28. The molecule has 0 radical (unpaired) electrons. The second-order valence-electron chi connectivity index (χ2n) is 4.43. The summed E-state index contributed by atoms with van der Waals surface area (Å²) in [7, 11) is 0. The second kappa shape index (κ2) is 6.83. The van der Waals surface area contributed by atoms with Crippen molar-refractivity contribution in [3.05, 3.63) is 0 Å². The van der Waals surface area contributed by atoms with E-state index in [4.69, 9.17) is 0 Å². The molecule has 0 saturated carbocycles. The highest BCUT2D eigenvalue weighted by molar-refractivity contribution is 5.75. The highest BCUT2D eigenvalue weighted by Crippen LogP contribution is 2.19. The van der Waals surface area contributed by atoms with Crippen LogP contribution in [0.25, 0.3) is 0 Å². The van der Waals surface area contributed by atoms with Gasteiger partial charge in [0.05, 0.1) is 0 Å². The first kappa shape index (κ1) is 12.5. The van der Waals surface area contributed by atoms with Crippen LogP contribution in [0.15, 0.2) is 0 Å². The van der Waals surface area contributed by atoms with Gasteiger partial charge in [0.15, 0.2) is 0 Å². The van der Waals surface area contributed by atoms with Crippen LogP contribution in [0.5, 0.6) is 0 Å². The van der Waals surface area contributed by atoms with Gasteiger partial charge in [0.1, 0.15) is 0 Å². The summed E-state index contributed by atoms with van der Waals surface area (Å²) in [6.45, 7) is 6.17. The highest BCUT2D eigenvalue weighted by atomic mass is 16.1.